The van der Waals surface area contributed by atoms with E-state index in [4.69, 9.17) is 9.26 Å². The lowest BCUT2D eigenvalue weighted by molar-refractivity contribution is 0.197. The maximum atomic E-state index is 11.8. The van der Waals surface area contributed by atoms with Crippen molar-refractivity contribution in [2.75, 3.05) is 31.2 Å². The van der Waals surface area contributed by atoms with Crippen molar-refractivity contribution in [3.63, 3.8) is 0 Å². The fraction of sp³-hybridized carbons (Fsp3) is 0.263. The van der Waals surface area contributed by atoms with E-state index in [1.54, 1.807) is 42.2 Å². The van der Waals surface area contributed by atoms with Gasteiger partial charge in [0.25, 0.3) is 0 Å². The number of hydrogen-bond acceptors (Lipinski definition) is 9. The number of rotatable bonds is 9. The highest BCUT2D eigenvalue weighted by molar-refractivity contribution is 7.92. The van der Waals surface area contributed by atoms with Crippen LogP contribution in [0.15, 0.2) is 47.2 Å². The molecule has 0 saturated carbocycles. The summed E-state index contributed by atoms with van der Waals surface area (Å²) in [6, 6.07) is 8.78. The summed E-state index contributed by atoms with van der Waals surface area (Å²) in [5.41, 5.74) is 2.93. The SMILES string of the molecule is COCCNCc1nc(-c2cc(NS(C)(=O)=O)cc(-c3cn4ncccc4n3)c2)no1. The third-order valence-corrected chi connectivity index (χ3v) is 4.86. The van der Waals surface area contributed by atoms with Gasteiger partial charge in [-0.15, -0.1) is 0 Å². The number of benzene rings is 1. The molecule has 0 spiro atoms. The molecular formula is C19H21N7O4S. The first kappa shape index (κ1) is 20.9. The monoisotopic (exact) mass is 443 g/mol. The number of nitrogens with one attached hydrogen (secondary N) is 2. The number of nitrogens with zero attached hydrogens (tertiary/aromatic N) is 5. The van der Waals surface area contributed by atoms with Gasteiger partial charge in [0, 0.05) is 36.7 Å². The average molecular weight is 443 g/mol. The van der Waals surface area contributed by atoms with Crippen LogP contribution in [-0.4, -0.2) is 59.7 Å². The summed E-state index contributed by atoms with van der Waals surface area (Å²) >= 11 is 0. The van der Waals surface area contributed by atoms with E-state index in [2.05, 4.69) is 30.3 Å². The van der Waals surface area contributed by atoms with E-state index in [1.165, 1.54) is 0 Å². The number of fused-ring (bicyclic) bond motifs is 1. The lowest BCUT2D eigenvalue weighted by Gasteiger charge is -2.08. The first-order chi connectivity index (χ1) is 14.9. The molecule has 3 aromatic heterocycles. The Morgan fingerprint density at radius 2 is 2.03 bits per heavy atom. The highest BCUT2D eigenvalue weighted by atomic mass is 32.2. The van der Waals surface area contributed by atoms with Crippen LogP contribution < -0.4 is 10.0 Å². The van der Waals surface area contributed by atoms with Gasteiger partial charge < -0.3 is 14.6 Å². The molecule has 0 fully saturated rings. The highest BCUT2D eigenvalue weighted by Crippen LogP contribution is 2.29. The second-order valence-corrected chi connectivity index (χ2v) is 8.56. The van der Waals surface area contributed by atoms with Gasteiger partial charge in [0.2, 0.25) is 21.7 Å². The molecule has 3 heterocycles. The molecule has 0 amide bonds. The predicted molar refractivity (Wildman–Crippen MR) is 114 cm³/mol. The lowest BCUT2D eigenvalue weighted by Crippen LogP contribution is -2.18. The molecule has 1 aromatic carbocycles. The minimum atomic E-state index is -3.49. The van der Waals surface area contributed by atoms with Crippen molar-refractivity contribution in [1.29, 1.82) is 0 Å². The zero-order chi connectivity index (χ0) is 21.8. The summed E-state index contributed by atoms with van der Waals surface area (Å²) in [5, 5.41) is 11.4. The summed E-state index contributed by atoms with van der Waals surface area (Å²) in [4.78, 5) is 8.95. The Morgan fingerprint density at radius 1 is 1.19 bits per heavy atom. The fourth-order valence-corrected chi connectivity index (χ4v) is 3.51. The van der Waals surface area contributed by atoms with Gasteiger partial charge in [-0.05, 0) is 30.3 Å². The Hall–Kier alpha value is -3.35. The molecule has 0 bridgehead atoms. The molecule has 0 aliphatic rings. The van der Waals surface area contributed by atoms with Crippen molar-refractivity contribution in [1.82, 2.24) is 30.1 Å². The standard InChI is InChI=1S/C19H21N7O4S/c1-29-7-6-20-11-18-23-19(24-30-18)14-8-13(9-15(10-14)25-31(2,27)28)16-12-26-17(22-16)4-3-5-21-26/h3-5,8-10,12,20,25H,6-7,11H2,1-2H3. The van der Waals surface area contributed by atoms with Crippen LogP contribution in [0.2, 0.25) is 0 Å². The normalized spacial score (nSPS) is 11.8. The van der Waals surface area contributed by atoms with Gasteiger partial charge in [-0.2, -0.15) is 10.1 Å². The van der Waals surface area contributed by atoms with E-state index in [0.717, 1.165) is 6.26 Å². The van der Waals surface area contributed by atoms with Crippen LogP contribution in [0.4, 0.5) is 5.69 Å². The first-order valence-electron chi connectivity index (χ1n) is 9.37. The van der Waals surface area contributed by atoms with Gasteiger partial charge in [0.1, 0.15) is 0 Å². The van der Waals surface area contributed by atoms with Crippen molar-refractivity contribution >= 4 is 21.4 Å². The van der Waals surface area contributed by atoms with Crippen molar-refractivity contribution in [2.24, 2.45) is 0 Å². The largest absolute Gasteiger partial charge is 0.383 e. The van der Waals surface area contributed by atoms with E-state index in [0.29, 0.717) is 59.6 Å². The summed E-state index contributed by atoms with van der Waals surface area (Å²) in [7, 11) is -1.86. The van der Waals surface area contributed by atoms with Gasteiger partial charge in [-0.3, -0.25) is 4.72 Å². The minimum Gasteiger partial charge on any atom is -0.383 e. The highest BCUT2D eigenvalue weighted by Gasteiger charge is 2.15. The lowest BCUT2D eigenvalue weighted by atomic mass is 10.1. The molecule has 0 radical (unpaired) electrons. The molecule has 2 N–H and O–H groups in total. The summed E-state index contributed by atoms with van der Waals surface area (Å²) in [6.45, 7) is 1.61. The van der Waals surface area contributed by atoms with E-state index in [-0.39, 0.29) is 0 Å². The average Bonchev–Trinajstić information content (AvgIpc) is 3.37. The topological polar surface area (TPSA) is 137 Å². The van der Waals surface area contributed by atoms with Crippen LogP contribution in [-0.2, 0) is 21.3 Å². The molecule has 4 rings (SSSR count). The molecule has 11 nitrogen and oxygen atoms in total. The van der Waals surface area contributed by atoms with Gasteiger partial charge >= 0.3 is 0 Å². The van der Waals surface area contributed by atoms with E-state index in [1.807, 2.05) is 12.1 Å². The number of aromatic nitrogens is 5. The van der Waals surface area contributed by atoms with Gasteiger partial charge in [0.05, 0.1) is 31.3 Å². The summed E-state index contributed by atoms with van der Waals surface area (Å²) in [5.74, 6) is 0.745. The van der Waals surface area contributed by atoms with Crippen LogP contribution in [0.25, 0.3) is 28.3 Å². The summed E-state index contributed by atoms with van der Waals surface area (Å²) in [6.07, 6.45) is 4.51. The molecule has 0 aliphatic carbocycles. The van der Waals surface area contributed by atoms with Crippen LogP contribution >= 0.6 is 0 Å². The van der Waals surface area contributed by atoms with E-state index >= 15 is 0 Å². The second-order valence-electron chi connectivity index (χ2n) is 6.81. The number of imidazole rings is 1. The Bertz CT molecular complexity index is 1270. The fourth-order valence-electron chi connectivity index (χ4n) is 2.96. The van der Waals surface area contributed by atoms with Crippen molar-refractivity contribution in [3.05, 3.63) is 48.6 Å². The van der Waals surface area contributed by atoms with Crippen LogP contribution in [0.5, 0.6) is 0 Å². The van der Waals surface area contributed by atoms with E-state index < -0.39 is 10.0 Å². The first-order valence-corrected chi connectivity index (χ1v) is 11.3. The minimum absolute atomic E-state index is 0.337. The number of ether oxygens (including phenoxy) is 1. The van der Waals surface area contributed by atoms with Gasteiger partial charge in [0.15, 0.2) is 5.65 Å². The molecule has 162 valence electrons. The zero-order valence-electron chi connectivity index (χ0n) is 16.9. The van der Waals surface area contributed by atoms with Gasteiger partial charge in [-0.25, -0.2) is 17.9 Å². The van der Waals surface area contributed by atoms with Crippen molar-refractivity contribution in [2.45, 2.75) is 6.54 Å². The Labute approximate surface area is 178 Å². The maximum Gasteiger partial charge on any atom is 0.240 e. The third-order valence-electron chi connectivity index (χ3n) is 4.25. The quantitative estimate of drug-likeness (QED) is 0.369. The van der Waals surface area contributed by atoms with Crippen LogP contribution in [0, 0.1) is 0 Å². The number of hydrogen-bond donors (Lipinski definition) is 2. The van der Waals surface area contributed by atoms with Crippen molar-refractivity contribution < 1.29 is 17.7 Å². The second kappa shape index (κ2) is 8.79. The third kappa shape index (κ3) is 5.23. The van der Waals surface area contributed by atoms with E-state index in [9.17, 15) is 8.42 Å². The Kier molecular flexibility index (Phi) is 5.93. The Morgan fingerprint density at radius 3 is 2.81 bits per heavy atom. The number of sulfonamides is 1. The smallest absolute Gasteiger partial charge is 0.240 e. The predicted octanol–water partition coefficient (Wildman–Crippen LogP) is 1.55. The van der Waals surface area contributed by atoms with Gasteiger partial charge in [-0.1, -0.05) is 5.16 Å². The molecular weight excluding hydrogens is 422 g/mol. The molecule has 0 saturated heterocycles. The zero-order valence-corrected chi connectivity index (χ0v) is 17.8. The molecule has 31 heavy (non-hydrogen) atoms. The summed E-state index contributed by atoms with van der Waals surface area (Å²) < 4.78 is 38.0. The molecule has 0 unspecified atom stereocenters. The number of anilines is 1. The molecule has 4 aromatic rings. The molecule has 0 aliphatic heterocycles. The number of methoxy groups -OCH3 is 1. The maximum absolute atomic E-state index is 11.8. The molecule has 0 atom stereocenters. The van der Waals surface area contributed by atoms with Crippen molar-refractivity contribution in [3.8, 4) is 22.6 Å². The van der Waals surface area contributed by atoms with Crippen LogP contribution in [0.3, 0.4) is 0 Å². The van der Waals surface area contributed by atoms with Crippen LogP contribution in [0.1, 0.15) is 5.89 Å². The molecule has 12 heteroatoms. The Balaban J connectivity index is 1.69.